The fraction of sp³-hybridized carbons (Fsp3) is 0.318. The molecule has 0 saturated carbocycles. The van der Waals surface area contributed by atoms with E-state index in [1.807, 2.05) is 6.07 Å². The van der Waals surface area contributed by atoms with E-state index in [-0.39, 0.29) is 30.5 Å². The highest BCUT2D eigenvalue weighted by atomic mass is 19.4. The van der Waals surface area contributed by atoms with Crippen molar-refractivity contribution in [3.05, 3.63) is 48.0 Å². The van der Waals surface area contributed by atoms with Crippen LogP contribution in [-0.2, 0) is 20.8 Å². The molecule has 4 rings (SSSR count). The zero-order valence-corrected chi connectivity index (χ0v) is 17.1. The molecular formula is C22H20F3N3O4. The van der Waals surface area contributed by atoms with Gasteiger partial charge in [0.15, 0.2) is 0 Å². The van der Waals surface area contributed by atoms with E-state index in [4.69, 9.17) is 0 Å². The van der Waals surface area contributed by atoms with Crippen LogP contribution in [0, 0.1) is 5.92 Å². The average Bonchev–Trinajstić information content (AvgIpc) is 3.30. The molecule has 7 nitrogen and oxygen atoms in total. The van der Waals surface area contributed by atoms with Gasteiger partial charge in [0, 0.05) is 49.6 Å². The van der Waals surface area contributed by atoms with Gasteiger partial charge in [0.2, 0.25) is 17.7 Å². The van der Waals surface area contributed by atoms with Crippen molar-refractivity contribution in [2.45, 2.75) is 26.1 Å². The summed E-state index contributed by atoms with van der Waals surface area (Å²) in [6.07, 6.45) is -4.16. The summed E-state index contributed by atoms with van der Waals surface area (Å²) in [5, 5.41) is 2.55. The highest BCUT2D eigenvalue weighted by Crippen LogP contribution is 2.34. The Balaban J connectivity index is 1.44. The number of hydrogen-bond donors (Lipinski definition) is 1. The first kappa shape index (κ1) is 21.7. The maximum absolute atomic E-state index is 12.6. The van der Waals surface area contributed by atoms with E-state index in [9.17, 15) is 27.6 Å². The minimum absolute atomic E-state index is 0.0127. The number of fused-ring (bicyclic) bond motifs is 1. The second-order valence-corrected chi connectivity index (χ2v) is 7.70. The first-order chi connectivity index (χ1) is 15.1. The maximum atomic E-state index is 12.6. The lowest BCUT2D eigenvalue weighted by atomic mass is 10.1. The highest BCUT2D eigenvalue weighted by molar-refractivity contribution is 6.04. The summed E-state index contributed by atoms with van der Waals surface area (Å²) in [4.78, 5) is 40.1. The van der Waals surface area contributed by atoms with E-state index < -0.39 is 23.9 Å². The van der Waals surface area contributed by atoms with Crippen LogP contribution in [-0.4, -0.2) is 37.2 Å². The number of rotatable bonds is 4. The SMILES string of the molecule is CC(=O)N1CCc2cc(N3C[C@@H](C(=O)Nc4cccc(OC(F)(F)F)c4)CC3=O)ccc21. The molecular weight excluding hydrogens is 427 g/mol. The van der Waals surface area contributed by atoms with Crippen molar-refractivity contribution >= 4 is 34.8 Å². The topological polar surface area (TPSA) is 79.0 Å². The zero-order chi connectivity index (χ0) is 23.0. The lowest BCUT2D eigenvalue weighted by Crippen LogP contribution is -2.28. The number of nitrogens with one attached hydrogen (secondary N) is 1. The smallest absolute Gasteiger partial charge is 0.406 e. The summed E-state index contributed by atoms with van der Waals surface area (Å²) in [7, 11) is 0. The van der Waals surface area contributed by atoms with Crippen molar-refractivity contribution in [2.75, 3.05) is 28.2 Å². The molecule has 2 heterocycles. The molecule has 10 heteroatoms. The van der Waals surface area contributed by atoms with E-state index >= 15 is 0 Å². The van der Waals surface area contributed by atoms with Crippen molar-refractivity contribution in [2.24, 2.45) is 5.92 Å². The summed E-state index contributed by atoms with van der Waals surface area (Å²) in [5.41, 5.74) is 2.57. The fourth-order valence-electron chi connectivity index (χ4n) is 4.03. The quantitative estimate of drug-likeness (QED) is 0.779. The van der Waals surface area contributed by atoms with E-state index in [1.165, 1.54) is 24.0 Å². The zero-order valence-electron chi connectivity index (χ0n) is 17.1. The third-order valence-electron chi connectivity index (χ3n) is 5.48. The third kappa shape index (κ3) is 4.53. The molecule has 3 amide bonds. The lowest BCUT2D eigenvalue weighted by Gasteiger charge is -2.19. The van der Waals surface area contributed by atoms with Crippen LogP contribution >= 0.6 is 0 Å². The van der Waals surface area contributed by atoms with Crippen molar-refractivity contribution in [3.8, 4) is 5.75 Å². The van der Waals surface area contributed by atoms with Crippen LogP contribution in [0.2, 0.25) is 0 Å². The van der Waals surface area contributed by atoms with Crippen molar-refractivity contribution in [1.82, 2.24) is 0 Å². The van der Waals surface area contributed by atoms with Gasteiger partial charge in [0.05, 0.1) is 5.92 Å². The summed E-state index contributed by atoms with van der Waals surface area (Å²) >= 11 is 0. The van der Waals surface area contributed by atoms with E-state index in [0.717, 1.165) is 23.4 Å². The van der Waals surface area contributed by atoms with Gasteiger partial charge in [-0.15, -0.1) is 13.2 Å². The lowest BCUT2D eigenvalue weighted by molar-refractivity contribution is -0.274. The summed E-state index contributed by atoms with van der Waals surface area (Å²) in [6.45, 7) is 2.24. The van der Waals surface area contributed by atoms with Gasteiger partial charge in [-0.05, 0) is 42.3 Å². The minimum Gasteiger partial charge on any atom is -0.406 e. The van der Waals surface area contributed by atoms with Crippen molar-refractivity contribution in [3.63, 3.8) is 0 Å². The standard InChI is InChI=1S/C22H20F3N3O4/c1-13(29)27-8-7-14-9-17(5-6-19(14)27)28-12-15(10-20(28)30)21(31)26-16-3-2-4-18(11-16)32-22(23,24)25/h2-6,9,11,15H,7-8,10,12H2,1H3,(H,26,31)/t15-/m0/s1. The third-order valence-corrected chi connectivity index (χ3v) is 5.48. The van der Waals surface area contributed by atoms with Gasteiger partial charge in [-0.1, -0.05) is 6.07 Å². The number of hydrogen-bond acceptors (Lipinski definition) is 4. The second-order valence-electron chi connectivity index (χ2n) is 7.70. The number of carbonyl (C=O) groups excluding carboxylic acids is 3. The predicted molar refractivity (Wildman–Crippen MR) is 110 cm³/mol. The number of amides is 3. The van der Waals surface area contributed by atoms with Gasteiger partial charge in [-0.3, -0.25) is 14.4 Å². The van der Waals surface area contributed by atoms with Crippen LogP contribution in [0.1, 0.15) is 18.9 Å². The summed E-state index contributed by atoms with van der Waals surface area (Å²) < 4.78 is 41.1. The maximum Gasteiger partial charge on any atom is 0.573 e. The number of halogens is 3. The Bertz CT molecular complexity index is 1090. The molecule has 1 saturated heterocycles. The molecule has 1 atom stereocenters. The van der Waals surface area contributed by atoms with Crippen molar-refractivity contribution in [1.29, 1.82) is 0 Å². The van der Waals surface area contributed by atoms with Gasteiger partial charge in [0.25, 0.3) is 0 Å². The molecule has 2 aromatic rings. The first-order valence-electron chi connectivity index (χ1n) is 9.99. The van der Waals surface area contributed by atoms with Gasteiger partial charge in [0.1, 0.15) is 5.75 Å². The molecule has 0 aliphatic carbocycles. The molecule has 32 heavy (non-hydrogen) atoms. The molecule has 1 fully saturated rings. The van der Waals surface area contributed by atoms with Crippen molar-refractivity contribution < 1.29 is 32.3 Å². The van der Waals surface area contributed by atoms with Crippen LogP contribution in [0.25, 0.3) is 0 Å². The molecule has 0 bridgehead atoms. The number of anilines is 3. The minimum atomic E-state index is -4.84. The van der Waals surface area contributed by atoms with Gasteiger partial charge in [-0.2, -0.15) is 0 Å². The molecule has 0 spiro atoms. The second kappa shape index (κ2) is 8.18. The Morgan fingerprint density at radius 3 is 2.66 bits per heavy atom. The monoisotopic (exact) mass is 447 g/mol. The average molecular weight is 447 g/mol. The predicted octanol–water partition coefficient (Wildman–Crippen LogP) is 3.49. The Morgan fingerprint density at radius 2 is 1.94 bits per heavy atom. The van der Waals surface area contributed by atoms with Gasteiger partial charge < -0.3 is 19.9 Å². The number of carbonyl (C=O) groups is 3. The number of nitrogens with zero attached hydrogens (tertiary/aromatic N) is 2. The van der Waals surface area contributed by atoms with E-state index in [0.29, 0.717) is 18.7 Å². The van der Waals surface area contributed by atoms with E-state index in [1.54, 1.807) is 17.0 Å². The summed E-state index contributed by atoms with van der Waals surface area (Å²) in [5.74, 6) is -1.83. The number of benzene rings is 2. The Kier molecular flexibility index (Phi) is 5.53. The van der Waals surface area contributed by atoms with Crippen LogP contribution < -0.4 is 19.9 Å². The fourth-order valence-corrected chi connectivity index (χ4v) is 4.03. The molecule has 0 unspecified atom stereocenters. The highest BCUT2D eigenvalue weighted by Gasteiger charge is 2.36. The molecule has 1 N–H and O–H groups in total. The normalized spacial score (nSPS) is 18.0. The van der Waals surface area contributed by atoms with Crippen LogP contribution in [0.3, 0.4) is 0 Å². The molecule has 168 valence electrons. The van der Waals surface area contributed by atoms with Gasteiger partial charge in [-0.25, -0.2) is 0 Å². The molecule has 0 radical (unpaired) electrons. The molecule has 2 aliphatic heterocycles. The molecule has 0 aromatic heterocycles. The van der Waals surface area contributed by atoms with Crippen LogP contribution in [0.5, 0.6) is 5.75 Å². The first-order valence-corrected chi connectivity index (χ1v) is 9.99. The Morgan fingerprint density at radius 1 is 1.16 bits per heavy atom. The van der Waals surface area contributed by atoms with Crippen LogP contribution in [0.4, 0.5) is 30.2 Å². The van der Waals surface area contributed by atoms with E-state index in [2.05, 4.69) is 10.1 Å². The largest absolute Gasteiger partial charge is 0.573 e. The number of alkyl halides is 3. The number of ether oxygens (including phenoxy) is 1. The van der Waals surface area contributed by atoms with Gasteiger partial charge >= 0.3 is 6.36 Å². The Labute approximate surface area is 181 Å². The molecule has 2 aliphatic rings. The molecule has 2 aromatic carbocycles. The van der Waals surface area contributed by atoms with Crippen LogP contribution in [0.15, 0.2) is 42.5 Å². The Hall–Kier alpha value is -3.56. The summed E-state index contributed by atoms with van der Waals surface area (Å²) in [6, 6.07) is 10.4.